The standard InChI is InChI=1S/C29H28Cl2N2O3/c1-16(2)36-26-11-9-17(15-27(26)35-3)19-13-24-28(25(34)14-19)29(18-8-10-20(30)21(31)12-18)33-23-7-5-4-6-22(23)32-24/h4-12,15-16,19,29,32-33H,13-14H2,1-3H3. The molecule has 2 atom stereocenters. The number of fused-ring (bicyclic) bond motifs is 1. The molecule has 1 aliphatic carbocycles. The molecule has 7 heteroatoms. The Morgan fingerprint density at radius 2 is 1.64 bits per heavy atom. The van der Waals surface area contributed by atoms with Crippen molar-refractivity contribution >= 4 is 40.4 Å². The van der Waals surface area contributed by atoms with Gasteiger partial charge in [-0.15, -0.1) is 0 Å². The molecule has 0 spiro atoms. The summed E-state index contributed by atoms with van der Waals surface area (Å²) in [5.74, 6) is 1.46. The van der Waals surface area contributed by atoms with E-state index in [1.807, 2.05) is 68.4 Å². The van der Waals surface area contributed by atoms with E-state index in [9.17, 15) is 4.79 Å². The SMILES string of the molecule is COc1cc(C2CC(=O)C3=C(C2)Nc2ccccc2NC3c2ccc(Cl)c(Cl)c2)ccc1OC(C)C. The van der Waals surface area contributed by atoms with Crippen molar-refractivity contribution in [3.8, 4) is 11.5 Å². The molecular formula is C29H28Cl2N2O3. The molecule has 1 heterocycles. The van der Waals surface area contributed by atoms with Crippen molar-refractivity contribution in [2.24, 2.45) is 0 Å². The van der Waals surface area contributed by atoms with Crippen LogP contribution in [0.4, 0.5) is 11.4 Å². The molecule has 0 fully saturated rings. The van der Waals surface area contributed by atoms with Crippen molar-refractivity contribution < 1.29 is 14.3 Å². The van der Waals surface area contributed by atoms with Crippen LogP contribution in [0.3, 0.4) is 0 Å². The van der Waals surface area contributed by atoms with Gasteiger partial charge in [-0.2, -0.15) is 0 Å². The van der Waals surface area contributed by atoms with Crippen LogP contribution in [0, 0.1) is 0 Å². The number of Topliss-reactive ketones (excluding diaryl/α,β-unsaturated/α-hetero) is 1. The highest BCUT2D eigenvalue weighted by Crippen LogP contribution is 2.45. The molecule has 3 aromatic rings. The second-order valence-corrected chi connectivity index (χ2v) is 10.2. The summed E-state index contributed by atoms with van der Waals surface area (Å²) in [5.41, 5.74) is 5.42. The van der Waals surface area contributed by atoms with Gasteiger partial charge in [0, 0.05) is 17.7 Å². The highest BCUT2D eigenvalue weighted by atomic mass is 35.5. The monoisotopic (exact) mass is 522 g/mol. The molecule has 0 aromatic heterocycles. The number of hydrogen-bond acceptors (Lipinski definition) is 5. The van der Waals surface area contributed by atoms with Crippen molar-refractivity contribution in [2.45, 2.75) is 44.8 Å². The van der Waals surface area contributed by atoms with Crippen LogP contribution in [0.25, 0.3) is 0 Å². The van der Waals surface area contributed by atoms with E-state index in [2.05, 4.69) is 10.6 Å². The van der Waals surface area contributed by atoms with Gasteiger partial charge >= 0.3 is 0 Å². The summed E-state index contributed by atoms with van der Waals surface area (Å²) < 4.78 is 11.5. The number of ether oxygens (including phenoxy) is 2. The fourth-order valence-electron chi connectivity index (χ4n) is 4.96. The number of methoxy groups -OCH3 is 1. The van der Waals surface area contributed by atoms with E-state index in [4.69, 9.17) is 32.7 Å². The van der Waals surface area contributed by atoms with Crippen LogP contribution in [0.5, 0.6) is 11.5 Å². The number of anilines is 2. The minimum absolute atomic E-state index is 0.00506. The summed E-state index contributed by atoms with van der Waals surface area (Å²) in [6.45, 7) is 3.96. The van der Waals surface area contributed by atoms with Crippen molar-refractivity contribution in [3.63, 3.8) is 0 Å². The quantitative estimate of drug-likeness (QED) is 0.358. The molecule has 5 nitrogen and oxygen atoms in total. The summed E-state index contributed by atoms with van der Waals surface area (Å²) in [6, 6.07) is 19.1. The first kappa shape index (κ1) is 24.5. The normalized spacial score (nSPS) is 19.1. The maximum Gasteiger partial charge on any atom is 0.163 e. The van der Waals surface area contributed by atoms with Gasteiger partial charge in [0.2, 0.25) is 0 Å². The maximum absolute atomic E-state index is 13.8. The number of nitrogens with one attached hydrogen (secondary N) is 2. The third-order valence-corrected chi connectivity index (χ3v) is 7.35. The molecular weight excluding hydrogens is 495 g/mol. The average molecular weight is 523 g/mol. The number of ketones is 1. The van der Waals surface area contributed by atoms with Gasteiger partial charge in [-0.25, -0.2) is 0 Å². The number of allylic oxidation sites excluding steroid dienone is 1. The second-order valence-electron chi connectivity index (χ2n) is 9.42. The van der Waals surface area contributed by atoms with Gasteiger partial charge in [0.15, 0.2) is 17.3 Å². The zero-order valence-electron chi connectivity index (χ0n) is 20.4. The van der Waals surface area contributed by atoms with Gasteiger partial charge < -0.3 is 20.1 Å². The van der Waals surface area contributed by atoms with Gasteiger partial charge in [0.05, 0.1) is 40.7 Å². The number of rotatable bonds is 5. The first-order valence-electron chi connectivity index (χ1n) is 12.0. The van der Waals surface area contributed by atoms with Crippen LogP contribution in [0.2, 0.25) is 10.0 Å². The summed E-state index contributed by atoms with van der Waals surface area (Å²) in [6.07, 6.45) is 1.11. The Morgan fingerprint density at radius 3 is 2.36 bits per heavy atom. The number of halogens is 2. The molecule has 0 bridgehead atoms. The highest BCUT2D eigenvalue weighted by molar-refractivity contribution is 6.42. The zero-order chi connectivity index (χ0) is 25.4. The smallest absolute Gasteiger partial charge is 0.163 e. The van der Waals surface area contributed by atoms with Gasteiger partial charge in [0.25, 0.3) is 0 Å². The van der Waals surface area contributed by atoms with Gasteiger partial charge in [-0.3, -0.25) is 4.79 Å². The van der Waals surface area contributed by atoms with E-state index in [1.165, 1.54) is 0 Å². The molecule has 3 aromatic carbocycles. The van der Waals surface area contributed by atoms with Crippen LogP contribution < -0.4 is 20.1 Å². The molecule has 0 saturated carbocycles. The van der Waals surface area contributed by atoms with E-state index >= 15 is 0 Å². The van der Waals surface area contributed by atoms with E-state index in [-0.39, 0.29) is 23.8 Å². The topological polar surface area (TPSA) is 59.6 Å². The number of para-hydroxylation sites is 2. The minimum Gasteiger partial charge on any atom is -0.493 e. The first-order valence-corrected chi connectivity index (χ1v) is 12.8. The van der Waals surface area contributed by atoms with Crippen molar-refractivity contribution in [1.82, 2.24) is 0 Å². The molecule has 0 amide bonds. The second kappa shape index (κ2) is 10.1. The number of carbonyl (C=O) groups is 1. The Morgan fingerprint density at radius 1 is 0.889 bits per heavy atom. The molecule has 2 N–H and O–H groups in total. The predicted octanol–water partition coefficient (Wildman–Crippen LogP) is 7.77. The number of carbonyl (C=O) groups excluding carboxylic acids is 1. The Bertz CT molecular complexity index is 1350. The zero-order valence-corrected chi connectivity index (χ0v) is 21.9. The molecule has 2 unspecified atom stereocenters. The molecule has 1 aliphatic heterocycles. The summed E-state index contributed by atoms with van der Waals surface area (Å²) in [4.78, 5) is 13.8. The van der Waals surface area contributed by atoms with Crippen LogP contribution in [0.1, 0.15) is 49.8 Å². The third-order valence-electron chi connectivity index (χ3n) is 6.61. The van der Waals surface area contributed by atoms with Gasteiger partial charge in [-0.1, -0.05) is 47.5 Å². The fourth-order valence-corrected chi connectivity index (χ4v) is 5.27. The Balaban J connectivity index is 1.55. The number of benzene rings is 3. The molecule has 0 saturated heterocycles. The lowest BCUT2D eigenvalue weighted by molar-refractivity contribution is -0.116. The maximum atomic E-state index is 13.8. The first-order chi connectivity index (χ1) is 17.3. The molecule has 5 rings (SSSR count). The van der Waals surface area contributed by atoms with E-state index in [0.29, 0.717) is 34.4 Å². The molecule has 0 radical (unpaired) electrons. The Hall–Kier alpha value is -3.15. The minimum atomic E-state index is -0.351. The lowest BCUT2D eigenvalue weighted by Gasteiger charge is -2.30. The highest BCUT2D eigenvalue weighted by Gasteiger charge is 2.36. The van der Waals surface area contributed by atoms with Gasteiger partial charge in [0.1, 0.15) is 0 Å². The van der Waals surface area contributed by atoms with Crippen LogP contribution in [0.15, 0.2) is 71.9 Å². The predicted molar refractivity (Wildman–Crippen MR) is 146 cm³/mol. The molecule has 2 aliphatic rings. The lowest BCUT2D eigenvalue weighted by atomic mass is 9.78. The van der Waals surface area contributed by atoms with Crippen molar-refractivity contribution in [1.29, 1.82) is 0 Å². The number of hydrogen-bond donors (Lipinski definition) is 2. The third kappa shape index (κ3) is 4.78. The average Bonchev–Trinajstić information content (AvgIpc) is 3.02. The van der Waals surface area contributed by atoms with Gasteiger partial charge in [-0.05, 0) is 73.7 Å². The largest absolute Gasteiger partial charge is 0.493 e. The van der Waals surface area contributed by atoms with E-state index in [0.717, 1.165) is 33.8 Å². The summed E-state index contributed by atoms with van der Waals surface area (Å²) in [7, 11) is 1.64. The molecule has 186 valence electrons. The fraction of sp³-hybridized carbons (Fsp3) is 0.276. The van der Waals surface area contributed by atoms with Crippen molar-refractivity contribution in [3.05, 3.63) is 93.1 Å². The Kier molecular flexibility index (Phi) is 6.87. The van der Waals surface area contributed by atoms with Crippen LogP contribution in [-0.4, -0.2) is 19.0 Å². The van der Waals surface area contributed by atoms with E-state index < -0.39 is 0 Å². The summed E-state index contributed by atoms with van der Waals surface area (Å²) in [5, 5.41) is 8.08. The summed E-state index contributed by atoms with van der Waals surface area (Å²) >= 11 is 12.5. The van der Waals surface area contributed by atoms with Crippen LogP contribution in [-0.2, 0) is 4.79 Å². The van der Waals surface area contributed by atoms with Crippen molar-refractivity contribution in [2.75, 3.05) is 17.7 Å². The van der Waals surface area contributed by atoms with Crippen LogP contribution >= 0.6 is 23.2 Å². The molecule has 36 heavy (non-hydrogen) atoms. The Labute approximate surface area is 221 Å². The lowest BCUT2D eigenvalue weighted by Crippen LogP contribution is -2.27. The van der Waals surface area contributed by atoms with E-state index in [1.54, 1.807) is 13.2 Å².